The number of hydrogen-bond donors (Lipinski definition) is 1. The number of H-pyrrole nitrogens is 1. The van der Waals surface area contributed by atoms with Crippen LogP contribution in [0.4, 0.5) is 0 Å². The molecular formula is C17H26N2. The number of nitrogens with zero attached hydrogens (tertiary/aromatic N) is 1. The highest BCUT2D eigenvalue weighted by molar-refractivity contribution is 5.84. The molecule has 0 amide bonds. The van der Waals surface area contributed by atoms with Crippen molar-refractivity contribution in [3.05, 3.63) is 29.5 Å². The summed E-state index contributed by atoms with van der Waals surface area (Å²) in [6, 6.07) is 6.57. The molecule has 0 saturated heterocycles. The van der Waals surface area contributed by atoms with Crippen LogP contribution in [0, 0.1) is 0 Å². The van der Waals surface area contributed by atoms with Gasteiger partial charge in [-0.2, -0.15) is 5.10 Å². The molecule has 0 spiro atoms. The molecule has 0 radical (unpaired) electrons. The highest BCUT2D eigenvalue weighted by atomic mass is 15.1. The number of benzene rings is 1. The van der Waals surface area contributed by atoms with Crippen molar-refractivity contribution in [1.82, 2.24) is 10.2 Å². The van der Waals surface area contributed by atoms with Gasteiger partial charge in [0.15, 0.2) is 0 Å². The molecule has 104 valence electrons. The van der Waals surface area contributed by atoms with Crippen molar-refractivity contribution in [2.24, 2.45) is 0 Å². The van der Waals surface area contributed by atoms with Crippen molar-refractivity contribution < 1.29 is 0 Å². The van der Waals surface area contributed by atoms with Crippen LogP contribution < -0.4 is 0 Å². The van der Waals surface area contributed by atoms with Crippen molar-refractivity contribution in [3.8, 4) is 0 Å². The molecule has 1 heterocycles. The van der Waals surface area contributed by atoms with E-state index in [1.54, 1.807) is 0 Å². The first-order valence-corrected chi connectivity index (χ1v) is 7.81. The fraction of sp³-hybridized carbons (Fsp3) is 0.588. The zero-order chi connectivity index (χ0) is 13.5. The lowest BCUT2D eigenvalue weighted by Crippen LogP contribution is -1.91. The van der Waals surface area contributed by atoms with Crippen LogP contribution in [0.1, 0.15) is 63.6 Å². The van der Waals surface area contributed by atoms with Gasteiger partial charge in [0.1, 0.15) is 0 Å². The van der Waals surface area contributed by atoms with Crippen molar-refractivity contribution >= 4 is 10.9 Å². The summed E-state index contributed by atoms with van der Waals surface area (Å²) < 4.78 is 0. The lowest BCUT2D eigenvalue weighted by atomic mass is 10.00. The van der Waals surface area contributed by atoms with E-state index >= 15 is 0 Å². The van der Waals surface area contributed by atoms with Crippen LogP contribution in [-0.4, -0.2) is 10.2 Å². The molecule has 1 aromatic heterocycles. The summed E-state index contributed by atoms with van der Waals surface area (Å²) in [5.74, 6) is 0. The monoisotopic (exact) mass is 258 g/mol. The third kappa shape index (κ3) is 3.59. The predicted molar refractivity (Wildman–Crippen MR) is 82.6 cm³/mol. The number of aromatic amines is 1. The van der Waals surface area contributed by atoms with Gasteiger partial charge in [-0.1, -0.05) is 51.7 Å². The summed E-state index contributed by atoms with van der Waals surface area (Å²) >= 11 is 0. The third-order valence-electron chi connectivity index (χ3n) is 3.82. The van der Waals surface area contributed by atoms with Gasteiger partial charge in [-0.25, -0.2) is 0 Å². The number of rotatable bonds is 8. The zero-order valence-corrected chi connectivity index (χ0v) is 12.3. The van der Waals surface area contributed by atoms with Gasteiger partial charge in [0.05, 0.1) is 11.2 Å². The van der Waals surface area contributed by atoms with E-state index in [2.05, 4.69) is 42.2 Å². The Kier molecular flexibility index (Phi) is 5.44. The molecule has 0 aliphatic carbocycles. The number of unbranched alkanes of at least 4 members (excludes halogenated alkanes) is 4. The van der Waals surface area contributed by atoms with Crippen molar-refractivity contribution in [3.63, 3.8) is 0 Å². The van der Waals surface area contributed by atoms with Gasteiger partial charge in [-0.3, -0.25) is 5.10 Å². The highest BCUT2D eigenvalue weighted by Gasteiger charge is 2.09. The lowest BCUT2D eigenvalue weighted by Gasteiger charge is -2.05. The average molecular weight is 258 g/mol. The predicted octanol–water partition coefficient (Wildman–Crippen LogP) is 5.03. The van der Waals surface area contributed by atoms with E-state index in [0.717, 1.165) is 6.42 Å². The number of nitrogens with one attached hydrogen (secondary N) is 1. The molecule has 0 bridgehead atoms. The van der Waals surface area contributed by atoms with E-state index in [9.17, 15) is 0 Å². The van der Waals surface area contributed by atoms with Gasteiger partial charge in [0.25, 0.3) is 0 Å². The summed E-state index contributed by atoms with van der Waals surface area (Å²) in [6.45, 7) is 4.51. The van der Waals surface area contributed by atoms with E-state index in [-0.39, 0.29) is 0 Å². The maximum absolute atomic E-state index is 4.53. The van der Waals surface area contributed by atoms with Gasteiger partial charge in [-0.05, 0) is 37.3 Å². The maximum atomic E-state index is 4.53. The van der Waals surface area contributed by atoms with E-state index in [0.29, 0.717) is 0 Å². The fourth-order valence-electron chi connectivity index (χ4n) is 2.71. The van der Waals surface area contributed by atoms with Crippen LogP contribution in [0.5, 0.6) is 0 Å². The summed E-state index contributed by atoms with van der Waals surface area (Å²) in [7, 11) is 0. The molecular weight excluding hydrogens is 232 g/mol. The Balaban J connectivity index is 2.17. The molecule has 0 fully saturated rings. The van der Waals surface area contributed by atoms with Crippen LogP contribution in [0.25, 0.3) is 10.9 Å². The normalized spacial score (nSPS) is 11.3. The number of fused-ring (bicyclic) bond motifs is 1. The minimum absolute atomic E-state index is 1.11. The molecule has 2 aromatic rings. The SMILES string of the molecule is CCCCCc1cccc2[nH]nc(CCCCC)c12. The summed E-state index contributed by atoms with van der Waals surface area (Å²) in [4.78, 5) is 0. The molecule has 2 nitrogen and oxygen atoms in total. The van der Waals surface area contributed by atoms with Crippen LogP contribution in [0.15, 0.2) is 18.2 Å². The zero-order valence-electron chi connectivity index (χ0n) is 12.3. The van der Waals surface area contributed by atoms with E-state index < -0.39 is 0 Å². The van der Waals surface area contributed by atoms with Crippen molar-refractivity contribution in [2.75, 3.05) is 0 Å². The average Bonchev–Trinajstić information content (AvgIpc) is 2.84. The van der Waals surface area contributed by atoms with Gasteiger partial charge in [-0.15, -0.1) is 0 Å². The largest absolute Gasteiger partial charge is 0.278 e. The molecule has 0 unspecified atom stereocenters. The topological polar surface area (TPSA) is 28.7 Å². The molecule has 2 heteroatoms. The van der Waals surface area contributed by atoms with Crippen LogP contribution in [0.3, 0.4) is 0 Å². The molecule has 0 aliphatic rings. The highest BCUT2D eigenvalue weighted by Crippen LogP contribution is 2.24. The Labute approximate surface area is 116 Å². The van der Waals surface area contributed by atoms with Gasteiger partial charge in [0.2, 0.25) is 0 Å². The number of aromatic nitrogens is 2. The standard InChI is InChI=1S/C17H26N2/c1-3-5-7-10-14-11-9-13-16-17(14)15(18-19-16)12-8-6-4-2/h9,11,13H,3-8,10,12H2,1-2H3,(H,18,19). The Morgan fingerprint density at radius 2 is 1.68 bits per heavy atom. The molecule has 0 aliphatic heterocycles. The van der Waals surface area contributed by atoms with Crippen LogP contribution in [-0.2, 0) is 12.8 Å². The van der Waals surface area contributed by atoms with Crippen molar-refractivity contribution in [2.45, 2.75) is 65.2 Å². The van der Waals surface area contributed by atoms with Crippen LogP contribution >= 0.6 is 0 Å². The number of aryl methyl sites for hydroxylation is 2. The number of hydrogen-bond acceptors (Lipinski definition) is 1. The van der Waals surface area contributed by atoms with Crippen LogP contribution in [0.2, 0.25) is 0 Å². The van der Waals surface area contributed by atoms with E-state index in [1.807, 2.05) is 0 Å². The second-order valence-electron chi connectivity index (χ2n) is 5.42. The summed E-state index contributed by atoms with van der Waals surface area (Å²) in [5.41, 5.74) is 3.96. The minimum atomic E-state index is 1.11. The fourth-order valence-corrected chi connectivity index (χ4v) is 2.71. The minimum Gasteiger partial charge on any atom is -0.278 e. The molecule has 0 atom stereocenters. The third-order valence-corrected chi connectivity index (χ3v) is 3.82. The van der Waals surface area contributed by atoms with E-state index in [1.165, 1.54) is 67.1 Å². The molecule has 1 N–H and O–H groups in total. The second kappa shape index (κ2) is 7.32. The Bertz CT molecular complexity index is 499. The first kappa shape index (κ1) is 14.1. The first-order chi connectivity index (χ1) is 9.36. The van der Waals surface area contributed by atoms with Gasteiger partial charge in [0, 0.05) is 5.39 Å². The molecule has 1 aromatic carbocycles. The summed E-state index contributed by atoms with van der Waals surface area (Å²) in [5, 5.41) is 9.12. The van der Waals surface area contributed by atoms with E-state index in [4.69, 9.17) is 0 Å². The van der Waals surface area contributed by atoms with Gasteiger partial charge < -0.3 is 0 Å². The Morgan fingerprint density at radius 3 is 2.42 bits per heavy atom. The van der Waals surface area contributed by atoms with Crippen molar-refractivity contribution in [1.29, 1.82) is 0 Å². The Hall–Kier alpha value is -1.31. The molecule has 0 saturated carbocycles. The summed E-state index contributed by atoms with van der Waals surface area (Å²) in [6.07, 6.45) is 10.0. The first-order valence-electron chi connectivity index (χ1n) is 7.81. The lowest BCUT2D eigenvalue weighted by molar-refractivity contribution is 0.705. The van der Waals surface area contributed by atoms with Gasteiger partial charge >= 0.3 is 0 Å². The maximum Gasteiger partial charge on any atom is 0.0703 e. The Morgan fingerprint density at radius 1 is 0.947 bits per heavy atom. The second-order valence-corrected chi connectivity index (χ2v) is 5.42. The molecule has 2 rings (SSSR count). The smallest absolute Gasteiger partial charge is 0.0703 e. The quantitative estimate of drug-likeness (QED) is 0.661. The molecule has 19 heavy (non-hydrogen) atoms.